The number of ether oxygens (including phenoxy) is 2. The highest BCUT2D eigenvalue weighted by atomic mass is 16.6. The van der Waals surface area contributed by atoms with Gasteiger partial charge < -0.3 is 9.47 Å². The van der Waals surface area contributed by atoms with Crippen LogP contribution in [0.3, 0.4) is 0 Å². The molecule has 0 saturated carbocycles. The fraction of sp³-hybridized carbons (Fsp3) is 0.385. The van der Waals surface area contributed by atoms with Crippen molar-refractivity contribution in [2.45, 2.75) is 46.0 Å². The number of hydrogen-bond acceptors (Lipinski definition) is 6. The van der Waals surface area contributed by atoms with E-state index in [1.165, 1.54) is 24.1 Å². The van der Waals surface area contributed by atoms with Crippen LogP contribution in [0.25, 0.3) is 0 Å². The van der Waals surface area contributed by atoms with E-state index in [2.05, 4.69) is 0 Å². The highest BCUT2D eigenvalue weighted by Gasteiger charge is 2.45. The Hall–Kier alpha value is -3.68. The lowest BCUT2D eigenvalue weighted by Crippen LogP contribution is -2.44. The summed E-state index contributed by atoms with van der Waals surface area (Å²) in [5.41, 5.74) is 1.49. The lowest BCUT2D eigenvalue weighted by molar-refractivity contribution is -0.384. The van der Waals surface area contributed by atoms with Crippen LogP contribution >= 0.6 is 0 Å². The average Bonchev–Trinajstić information content (AvgIpc) is 2.78. The first kappa shape index (κ1) is 23.5. The number of hydrogen-bond donors (Lipinski definition) is 0. The van der Waals surface area contributed by atoms with Crippen molar-refractivity contribution in [3.8, 4) is 11.5 Å². The lowest BCUT2D eigenvalue weighted by atomic mass is 9.69. The molecule has 178 valence electrons. The summed E-state index contributed by atoms with van der Waals surface area (Å²) in [6.45, 7) is 6.39. The molecule has 0 spiro atoms. The van der Waals surface area contributed by atoms with E-state index in [1.807, 2.05) is 45.0 Å². The molecule has 2 aliphatic rings. The zero-order valence-electron chi connectivity index (χ0n) is 19.8. The van der Waals surface area contributed by atoms with Gasteiger partial charge in [0, 0.05) is 30.0 Å². The number of nitro benzene ring substituents is 1. The van der Waals surface area contributed by atoms with E-state index < -0.39 is 10.8 Å². The zero-order chi connectivity index (χ0) is 24.6. The van der Waals surface area contributed by atoms with Crippen molar-refractivity contribution in [1.29, 1.82) is 0 Å². The van der Waals surface area contributed by atoms with Crippen LogP contribution in [-0.2, 0) is 9.59 Å². The Bertz CT molecular complexity index is 1180. The molecule has 1 aliphatic carbocycles. The first-order valence-corrected chi connectivity index (χ1v) is 11.3. The summed E-state index contributed by atoms with van der Waals surface area (Å²) in [5, 5.41) is 11.9. The number of benzene rings is 2. The van der Waals surface area contributed by atoms with Crippen LogP contribution in [0.5, 0.6) is 11.5 Å². The molecule has 1 heterocycles. The maximum absolute atomic E-state index is 13.6. The molecule has 0 aromatic heterocycles. The van der Waals surface area contributed by atoms with Crippen LogP contribution in [-0.4, -0.2) is 30.3 Å². The monoisotopic (exact) mass is 464 g/mol. The third-order valence-corrected chi connectivity index (χ3v) is 6.36. The smallest absolute Gasteiger partial charge is 0.297 e. The van der Waals surface area contributed by atoms with Gasteiger partial charge in [-0.25, -0.2) is 0 Å². The number of methoxy groups -OCH3 is 1. The topological polar surface area (TPSA) is 99.0 Å². The van der Waals surface area contributed by atoms with Crippen LogP contribution in [0, 0.1) is 15.5 Å². The maximum atomic E-state index is 13.6. The number of nitro groups is 1. The average molecular weight is 465 g/mol. The minimum absolute atomic E-state index is 0.0289. The van der Waals surface area contributed by atoms with Gasteiger partial charge in [0.2, 0.25) is 5.91 Å². The molecule has 0 radical (unpaired) electrons. The number of allylic oxidation sites excluding steroid dienone is 2. The van der Waals surface area contributed by atoms with Crippen LogP contribution in [0.15, 0.2) is 53.7 Å². The van der Waals surface area contributed by atoms with Gasteiger partial charge in [0.05, 0.1) is 24.7 Å². The number of carbonyl (C=O) groups is 2. The van der Waals surface area contributed by atoms with Crippen molar-refractivity contribution < 1.29 is 24.0 Å². The highest BCUT2D eigenvalue weighted by Crippen LogP contribution is 2.49. The summed E-state index contributed by atoms with van der Waals surface area (Å²) >= 11 is 0. The summed E-state index contributed by atoms with van der Waals surface area (Å²) in [5.74, 6) is 0.320. The summed E-state index contributed by atoms with van der Waals surface area (Å²) in [7, 11) is 1.43. The molecule has 34 heavy (non-hydrogen) atoms. The van der Waals surface area contributed by atoms with E-state index in [9.17, 15) is 19.7 Å². The normalized spacial score (nSPS) is 19.6. The first-order chi connectivity index (χ1) is 16.1. The second-order valence-corrected chi connectivity index (χ2v) is 9.40. The molecule has 1 unspecified atom stereocenters. The number of nitrogens with zero attached hydrogens (tertiary/aromatic N) is 2. The van der Waals surface area contributed by atoms with Crippen molar-refractivity contribution in [3.05, 3.63) is 69.4 Å². The number of Topliss-reactive ketones (excluding diaryl/α,β-unsaturated/α-hetero) is 1. The van der Waals surface area contributed by atoms with Crippen molar-refractivity contribution in [2.75, 3.05) is 18.6 Å². The zero-order valence-corrected chi connectivity index (χ0v) is 19.8. The molecule has 0 N–H and O–H groups in total. The molecule has 2 aromatic rings. The van der Waals surface area contributed by atoms with Crippen molar-refractivity contribution in [3.63, 3.8) is 0 Å². The number of amides is 1. The van der Waals surface area contributed by atoms with E-state index in [-0.39, 0.29) is 34.9 Å². The van der Waals surface area contributed by atoms with Gasteiger partial charge in [-0.15, -0.1) is 0 Å². The van der Waals surface area contributed by atoms with E-state index >= 15 is 0 Å². The SMILES string of the molecule is CCOc1ccc(C2CC(=O)N(c3ccc(OC)cc3[N+](=O)[O-])C3=C2C(=O)CC(C)(C)C3)cc1. The predicted molar refractivity (Wildman–Crippen MR) is 127 cm³/mol. The fourth-order valence-electron chi connectivity index (χ4n) is 4.91. The third-order valence-electron chi connectivity index (χ3n) is 6.36. The van der Waals surface area contributed by atoms with Gasteiger partial charge in [-0.3, -0.25) is 24.6 Å². The molecule has 8 heteroatoms. The van der Waals surface area contributed by atoms with Gasteiger partial charge in [-0.2, -0.15) is 0 Å². The Morgan fingerprint density at radius 1 is 1.09 bits per heavy atom. The Kier molecular flexibility index (Phi) is 6.17. The van der Waals surface area contributed by atoms with E-state index in [0.29, 0.717) is 42.2 Å². The predicted octanol–water partition coefficient (Wildman–Crippen LogP) is 5.17. The summed E-state index contributed by atoms with van der Waals surface area (Å²) in [6.07, 6.45) is 0.852. The Morgan fingerprint density at radius 3 is 2.38 bits per heavy atom. The fourth-order valence-corrected chi connectivity index (χ4v) is 4.91. The minimum atomic E-state index is -0.528. The van der Waals surface area contributed by atoms with Gasteiger partial charge in [-0.05, 0) is 48.6 Å². The molecule has 1 atom stereocenters. The molecule has 2 aromatic carbocycles. The minimum Gasteiger partial charge on any atom is -0.496 e. The number of rotatable bonds is 6. The highest BCUT2D eigenvalue weighted by molar-refractivity contribution is 6.08. The number of anilines is 1. The molecular formula is C26H28N2O6. The quantitative estimate of drug-likeness (QED) is 0.432. The Labute approximate surface area is 198 Å². The van der Waals surface area contributed by atoms with E-state index in [4.69, 9.17) is 9.47 Å². The molecule has 1 amide bonds. The van der Waals surface area contributed by atoms with E-state index in [0.717, 1.165) is 5.56 Å². The number of carbonyl (C=O) groups excluding carboxylic acids is 2. The van der Waals surface area contributed by atoms with E-state index in [1.54, 1.807) is 6.07 Å². The molecule has 8 nitrogen and oxygen atoms in total. The van der Waals surface area contributed by atoms with Crippen molar-refractivity contribution in [2.24, 2.45) is 5.41 Å². The van der Waals surface area contributed by atoms with Crippen molar-refractivity contribution in [1.82, 2.24) is 0 Å². The van der Waals surface area contributed by atoms with Crippen LogP contribution in [0.2, 0.25) is 0 Å². The summed E-state index contributed by atoms with van der Waals surface area (Å²) < 4.78 is 10.7. The van der Waals surface area contributed by atoms with Gasteiger partial charge in [0.1, 0.15) is 17.2 Å². The summed E-state index contributed by atoms with van der Waals surface area (Å²) in [4.78, 5) is 39.7. The van der Waals surface area contributed by atoms with Crippen LogP contribution < -0.4 is 14.4 Å². The molecule has 0 saturated heterocycles. The third kappa shape index (κ3) is 4.27. The Balaban J connectivity index is 1.88. The molecule has 0 fully saturated rings. The van der Waals surface area contributed by atoms with Gasteiger partial charge in [0.25, 0.3) is 5.69 Å². The maximum Gasteiger partial charge on any atom is 0.297 e. The Morgan fingerprint density at radius 2 is 1.76 bits per heavy atom. The molecule has 0 bridgehead atoms. The summed E-state index contributed by atoms with van der Waals surface area (Å²) in [6, 6.07) is 11.8. The van der Waals surface area contributed by atoms with Gasteiger partial charge in [-0.1, -0.05) is 26.0 Å². The number of ketones is 1. The second kappa shape index (κ2) is 8.93. The van der Waals surface area contributed by atoms with Crippen LogP contribution in [0.4, 0.5) is 11.4 Å². The lowest BCUT2D eigenvalue weighted by Gasteiger charge is -2.42. The standard InChI is InChI=1S/C26H28N2O6/c1-5-34-17-8-6-16(7-9-17)19-13-24(30)27(22-14-26(2,3)15-23(29)25(19)22)20-11-10-18(33-4)12-21(20)28(31)32/h6-12,19H,5,13-15H2,1-4H3. The van der Waals surface area contributed by atoms with Gasteiger partial charge >= 0.3 is 0 Å². The largest absolute Gasteiger partial charge is 0.496 e. The molecular weight excluding hydrogens is 436 g/mol. The molecule has 4 rings (SSSR count). The van der Waals surface area contributed by atoms with Crippen LogP contribution in [0.1, 0.15) is 51.5 Å². The second-order valence-electron chi connectivity index (χ2n) is 9.40. The van der Waals surface area contributed by atoms with Gasteiger partial charge in [0.15, 0.2) is 5.78 Å². The van der Waals surface area contributed by atoms with Crippen molar-refractivity contribution >= 4 is 23.1 Å². The molecule has 1 aliphatic heterocycles. The first-order valence-electron chi connectivity index (χ1n) is 11.3.